The summed E-state index contributed by atoms with van der Waals surface area (Å²) >= 11 is 6.04. The molecule has 0 unspecified atom stereocenters. The molecule has 7 heteroatoms. The first-order valence-electron chi connectivity index (χ1n) is 10.8. The molecule has 170 valence electrons. The van der Waals surface area contributed by atoms with Gasteiger partial charge in [-0.1, -0.05) is 29.8 Å². The fourth-order valence-electron chi connectivity index (χ4n) is 3.49. The molecule has 0 saturated carbocycles. The lowest BCUT2D eigenvalue weighted by Gasteiger charge is -2.14. The Morgan fingerprint density at radius 3 is 2.42 bits per heavy atom. The van der Waals surface area contributed by atoms with E-state index in [4.69, 9.17) is 30.8 Å². The van der Waals surface area contributed by atoms with Gasteiger partial charge in [-0.25, -0.2) is 4.98 Å². The zero-order valence-corrected chi connectivity index (χ0v) is 19.1. The van der Waals surface area contributed by atoms with E-state index in [0.29, 0.717) is 54.7 Å². The van der Waals surface area contributed by atoms with Crippen LogP contribution in [0.15, 0.2) is 77.6 Å². The van der Waals surface area contributed by atoms with Crippen LogP contribution in [0, 0.1) is 0 Å². The molecule has 33 heavy (non-hydrogen) atoms. The summed E-state index contributed by atoms with van der Waals surface area (Å²) in [5.41, 5.74) is 1.38. The van der Waals surface area contributed by atoms with Crippen molar-refractivity contribution in [3.63, 3.8) is 0 Å². The number of fused-ring (bicyclic) bond motifs is 1. The number of hydrogen-bond acceptors (Lipinski definition) is 5. The Balaban J connectivity index is 1.42. The monoisotopic (exact) mass is 464 g/mol. The summed E-state index contributed by atoms with van der Waals surface area (Å²) < 4.78 is 18.6. The van der Waals surface area contributed by atoms with Gasteiger partial charge >= 0.3 is 0 Å². The lowest BCUT2D eigenvalue weighted by Crippen LogP contribution is -2.26. The first-order valence-corrected chi connectivity index (χ1v) is 11.2. The number of ether oxygens (including phenoxy) is 3. The van der Waals surface area contributed by atoms with Gasteiger partial charge in [-0.05, 0) is 55.5 Å². The van der Waals surface area contributed by atoms with E-state index in [1.807, 2.05) is 61.5 Å². The van der Waals surface area contributed by atoms with Crippen molar-refractivity contribution >= 4 is 22.5 Å². The second kappa shape index (κ2) is 11.0. The van der Waals surface area contributed by atoms with Gasteiger partial charge in [0.05, 0.1) is 37.3 Å². The minimum Gasteiger partial charge on any atom is -0.494 e. The van der Waals surface area contributed by atoms with Gasteiger partial charge in [0.25, 0.3) is 5.56 Å². The van der Waals surface area contributed by atoms with E-state index in [1.165, 1.54) is 0 Å². The highest BCUT2D eigenvalue weighted by Crippen LogP contribution is 2.21. The van der Waals surface area contributed by atoms with Gasteiger partial charge in [0, 0.05) is 16.7 Å². The highest BCUT2D eigenvalue weighted by Gasteiger charge is 2.12. The molecule has 0 N–H and O–H groups in total. The van der Waals surface area contributed by atoms with E-state index in [0.717, 1.165) is 17.1 Å². The maximum atomic E-state index is 13.2. The number of aromatic nitrogens is 2. The maximum Gasteiger partial charge on any atom is 0.261 e. The number of para-hydroxylation sites is 1. The van der Waals surface area contributed by atoms with Crippen LogP contribution in [0.5, 0.6) is 11.5 Å². The van der Waals surface area contributed by atoms with Gasteiger partial charge < -0.3 is 14.2 Å². The van der Waals surface area contributed by atoms with Crippen LogP contribution in [0.25, 0.3) is 22.3 Å². The summed E-state index contributed by atoms with van der Waals surface area (Å²) in [6.45, 7) is 4.05. The fourth-order valence-corrected chi connectivity index (χ4v) is 3.62. The molecule has 1 aromatic heterocycles. The summed E-state index contributed by atoms with van der Waals surface area (Å²) in [6.07, 6.45) is 0. The molecule has 0 spiro atoms. The number of benzene rings is 3. The highest BCUT2D eigenvalue weighted by atomic mass is 35.5. The van der Waals surface area contributed by atoms with Gasteiger partial charge in [0.15, 0.2) is 0 Å². The molecular formula is C26H25ClN2O4. The van der Waals surface area contributed by atoms with E-state index in [9.17, 15) is 4.79 Å². The molecule has 0 aliphatic carbocycles. The maximum absolute atomic E-state index is 13.2. The topological polar surface area (TPSA) is 62.6 Å². The Morgan fingerprint density at radius 2 is 1.64 bits per heavy atom. The fraction of sp³-hybridized carbons (Fsp3) is 0.231. The zero-order chi connectivity index (χ0) is 23.0. The SMILES string of the molecule is CCOc1cccc(OCCOCCn2c(-c3ccc(Cl)cc3)nc3ccccc3c2=O)c1. The first-order chi connectivity index (χ1) is 16.2. The van der Waals surface area contributed by atoms with Crippen LogP contribution >= 0.6 is 11.6 Å². The Hall–Kier alpha value is -3.35. The van der Waals surface area contributed by atoms with Crippen molar-refractivity contribution in [2.45, 2.75) is 13.5 Å². The molecule has 0 fully saturated rings. The average Bonchev–Trinajstić information content (AvgIpc) is 2.83. The zero-order valence-electron chi connectivity index (χ0n) is 18.4. The second-order valence-corrected chi connectivity index (χ2v) is 7.72. The second-order valence-electron chi connectivity index (χ2n) is 7.28. The summed E-state index contributed by atoms with van der Waals surface area (Å²) in [6, 6.07) is 22.1. The smallest absolute Gasteiger partial charge is 0.261 e. The standard InChI is InChI=1S/C26H25ClN2O4/c1-2-32-21-6-5-7-22(18-21)33-17-16-31-15-14-29-25(19-10-12-20(27)13-11-19)28-24-9-4-3-8-23(24)26(29)30/h3-13,18H,2,14-17H2,1H3. The van der Waals surface area contributed by atoms with Crippen molar-refractivity contribution in [2.24, 2.45) is 0 Å². The Labute approximate surface area is 197 Å². The summed E-state index contributed by atoms with van der Waals surface area (Å²) in [5.74, 6) is 2.08. The Kier molecular flexibility index (Phi) is 7.60. The van der Waals surface area contributed by atoms with E-state index < -0.39 is 0 Å². The van der Waals surface area contributed by atoms with Gasteiger partial charge in [-0.3, -0.25) is 9.36 Å². The summed E-state index contributed by atoms with van der Waals surface area (Å²) in [4.78, 5) is 17.9. The number of halogens is 1. The van der Waals surface area contributed by atoms with E-state index in [-0.39, 0.29) is 5.56 Å². The molecule has 0 bridgehead atoms. The van der Waals surface area contributed by atoms with Crippen molar-refractivity contribution < 1.29 is 14.2 Å². The predicted octanol–water partition coefficient (Wildman–Crippen LogP) is 5.21. The van der Waals surface area contributed by atoms with Crippen molar-refractivity contribution in [1.29, 1.82) is 0 Å². The molecule has 0 aliphatic heterocycles. The number of nitrogens with zero attached hydrogens (tertiary/aromatic N) is 2. The molecule has 3 aromatic carbocycles. The van der Waals surface area contributed by atoms with Crippen LogP contribution in [-0.2, 0) is 11.3 Å². The largest absolute Gasteiger partial charge is 0.494 e. The van der Waals surface area contributed by atoms with Crippen molar-refractivity contribution in [2.75, 3.05) is 26.4 Å². The molecule has 4 rings (SSSR count). The molecule has 0 radical (unpaired) electrons. The molecule has 4 aromatic rings. The van der Waals surface area contributed by atoms with Crippen LogP contribution in [-0.4, -0.2) is 36.0 Å². The van der Waals surface area contributed by atoms with Gasteiger partial charge in [0.2, 0.25) is 0 Å². The third-order valence-electron chi connectivity index (χ3n) is 5.04. The molecule has 6 nitrogen and oxygen atoms in total. The highest BCUT2D eigenvalue weighted by molar-refractivity contribution is 6.30. The van der Waals surface area contributed by atoms with E-state index >= 15 is 0 Å². The third kappa shape index (κ3) is 5.72. The van der Waals surface area contributed by atoms with Crippen molar-refractivity contribution in [3.05, 3.63) is 88.2 Å². The molecule has 1 heterocycles. The average molecular weight is 465 g/mol. The lowest BCUT2D eigenvalue weighted by molar-refractivity contribution is 0.0939. The molecule has 0 atom stereocenters. The van der Waals surface area contributed by atoms with Gasteiger partial charge in [0.1, 0.15) is 23.9 Å². The minimum atomic E-state index is -0.0989. The van der Waals surface area contributed by atoms with Crippen molar-refractivity contribution in [3.8, 4) is 22.9 Å². The number of hydrogen-bond donors (Lipinski definition) is 0. The summed E-state index contributed by atoms with van der Waals surface area (Å²) in [7, 11) is 0. The van der Waals surface area contributed by atoms with Gasteiger partial charge in [-0.2, -0.15) is 0 Å². The minimum absolute atomic E-state index is 0.0989. The number of rotatable bonds is 10. The summed E-state index contributed by atoms with van der Waals surface area (Å²) in [5, 5.41) is 1.20. The molecule has 0 saturated heterocycles. The van der Waals surface area contributed by atoms with Gasteiger partial charge in [-0.15, -0.1) is 0 Å². The predicted molar refractivity (Wildman–Crippen MR) is 130 cm³/mol. The quantitative estimate of drug-likeness (QED) is 0.301. The van der Waals surface area contributed by atoms with Crippen LogP contribution in [0.3, 0.4) is 0 Å². The lowest BCUT2D eigenvalue weighted by atomic mass is 10.2. The van der Waals surface area contributed by atoms with Crippen molar-refractivity contribution in [1.82, 2.24) is 9.55 Å². The Morgan fingerprint density at radius 1 is 0.879 bits per heavy atom. The third-order valence-corrected chi connectivity index (χ3v) is 5.29. The van der Waals surface area contributed by atoms with Crippen LogP contribution < -0.4 is 15.0 Å². The van der Waals surface area contributed by atoms with Crippen LogP contribution in [0.4, 0.5) is 0 Å². The first kappa shape index (κ1) is 22.8. The molecular weight excluding hydrogens is 440 g/mol. The van der Waals surface area contributed by atoms with Crippen LogP contribution in [0.1, 0.15) is 6.92 Å². The molecule has 0 aliphatic rings. The van der Waals surface area contributed by atoms with E-state index in [1.54, 1.807) is 22.8 Å². The normalized spacial score (nSPS) is 11.0. The van der Waals surface area contributed by atoms with Crippen LogP contribution in [0.2, 0.25) is 5.02 Å². The van der Waals surface area contributed by atoms with E-state index in [2.05, 4.69) is 0 Å². The molecule has 0 amide bonds. The Bertz CT molecular complexity index is 1270.